The second kappa shape index (κ2) is 15.1. The third-order valence-corrected chi connectivity index (χ3v) is 5.60. The predicted molar refractivity (Wildman–Crippen MR) is 140 cm³/mol. The Labute approximate surface area is 255 Å². The number of carboxylic acids is 1. The molecule has 0 unspecified atom stereocenters. The quantitative estimate of drug-likeness (QED) is 0.0946. The van der Waals surface area contributed by atoms with Gasteiger partial charge in [-0.25, -0.2) is 31.1 Å². The second-order valence-corrected chi connectivity index (χ2v) is 8.91. The molecule has 4 rings (SSSR count). The van der Waals surface area contributed by atoms with Gasteiger partial charge in [-0.3, -0.25) is 24.0 Å². The number of ketones is 2. The Morgan fingerprint density at radius 3 is 1.11 bits per heavy atom. The van der Waals surface area contributed by atoms with Crippen LogP contribution in [0, 0.1) is 34.9 Å². The molecule has 44 heavy (non-hydrogen) atoms. The van der Waals surface area contributed by atoms with Gasteiger partial charge in [0.1, 0.15) is 40.6 Å². The van der Waals surface area contributed by atoms with Crippen molar-refractivity contribution in [3.05, 3.63) is 117 Å². The smallest absolute Gasteiger partial charge is 0.352 e. The minimum absolute atomic E-state index is 0.0899. The van der Waals surface area contributed by atoms with Gasteiger partial charge in [0.15, 0.2) is 11.6 Å². The number of carbonyl (C=O) groups is 6. The molecule has 0 fully saturated rings. The number of hydrogen-bond donors (Lipinski definition) is 3. The number of halogens is 9. The number of nitrogens with one attached hydrogen (secondary N) is 2. The summed E-state index contributed by atoms with van der Waals surface area (Å²) >= 11 is 14.2. The number of benzene rings is 2. The molecular weight excluding hydrogens is 673 g/mol. The highest BCUT2D eigenvalue weighted by Gasteiger charge is 2.23. The molecule has 0 spiro atoms. The van der Waals surface area contributed by atoms with Crippen LogP contribution in [0.15, 0.2) is 48.8 Å². The summed E-state index contributed by atoms with van der Waals surface area (Å²) in [7, 11) is 0. The third-order valence-electron chi connectivity index (χ3n) is 4.95. The maximum atomic E-state index is 13.4. The Morgan fingerprint density at radius 2 is 0.864 bits per heavy atom. The van der Waals surface area contributed by atoms with E-state index >= 15 is 0 Å². The van der Waals surface area contributed by atoms with Crippen molar-refractivity contribution in [1.82, 2.24) is 9.97 Å². The maximum Gasteiger partial charge on any atom is 0.352 e. The molecule has 0 aliphatic heterocycles. The summed E-state index contributed by atoms with van der Waals surface area (Å²) in [6, 6.07) is 3.54. The first-order chi connectivity index (χ1) is 20.4. The Bertz CT molecular complexity index is 1630. The van der Waals surface area contributed by atoms with Gasteiger partial charge in [0.2, 0.25) is 0 Å². The van der Waals surface area contributed by atoms with Crippen LogP contribution in [-0.2, 0) is 9.59 Å². The Hall–Kier alpha value is -4.73. The fraction of sp³-hybridized carbons (Fsp3) is 0. The molecule has 2 heterocycles. The van der Waals surface area contributed by atoms with Gasteiger partial charge in [0.25, 0.3) is 5.24 Å². The summed E-state index contributed by atoms with van der Waals surface area (Å²) in [4.78, 5) is 68.6. The Morgan fingerprint density at radius 1 is 0.545 bits per heavy atom. The molecule has 0 atom stereocenters. The summed E-state index contributed by atoms with van der Waals surface area (Å²) in [6.07, 6.45) is 2.09. The Kier molecular flexibility index (Phi) is 12.2. The number of carboxylic acid groups (broad SMARTS) is 1. The summed E-state index contributed by atoms with van der Waals surface area (Å²) < 4.78 is 79.0. The highest BCUT2D eigenvalue weighted by atomic mass is 35.5. The first-order valence-corrected chi connectivity index (χ1v) is 12.2. The van der Waals surface area contributed by atoms with Crippen LogP contribution in [-0.4, -0.2) is 48.3 Å². The number of rotatable bonds is 7. The molecule has 9 nitrogen and oxygen atoms in total. The highest BCUT2D eigenvalue weighted by molar-refractivity contribution is 6.97. The van der Waals surface area contributed by atoms with Gasteiger partial charge in [-0.15, -0.1) is 0 Å². The van der Waals surface area contributed by atoms with Crippen LogP contribution in [0.25, 0.3) is 0 Å². The van der Waals surface area contributed by atoms with Crippen LogP contribution in [0.2, 0.25) is 0 Å². The molecular formula is C26H11Cl3F6N2O7. The average molecular weight is 684 g/mol. The SMILES string of the molecule is O=C(Cl)C(=O)Cl.O=C(Cl)c1cc(C(=O)c2c(F)cc(F)cc2F)c[nH]1.O=C(O)c1cc(C(=O)c2c(F)cc(F)cc2F)c[nH]1. The van der Waals surface area contributed by atoms with Crippen molar-refractivity contribution in [3.63, 3.8) is 0 Å². The van der Waals surface area contributed by atoms with Crippen LogP contribution in [0.4, 0.5) is 26.3 Å². The first-order valence-electron chi connectivity index (χ1n) is 11.0. The molecule has 0 saturated carbocycles. The molecule has 18 heteroatoms. The van der Waals surface area contributed by atoms with E-state index in [2.05, 4.69) is 33.2 Å². The second-order valence-electron chi connectivity index (χ2n) is 7.88. The van der Waals surface area contributed by atoms with Crippen molar-refractivity contribution in [2.45, 2.75) is 0 Å². The summed E-state index contributed by atoms with van der Waals surface area (Å²) in [6.45, 7) is 0. The van der Waals surface area contributed by atoms with Gasteiger partial charge >= 0.3 is 16.5 Å². The van der Waals surface area contributed by atoms with E-state index in [4.69, 9.17) is 16.7 Å². The van der Waals surface area contributed by atoms with E-state index in [1.54, 1.807) is 0 Å². The first kappa shape index (κ1) is 35.5. The van der Waals surface area contributed by atoms with E-state index in [0.29, 0.717) is 24.3 Å². The number of aromatic nitrogens is 2. The maximum absolute atomic E-state index is 13.4. The monoisotopic (exact) mass is 682 g/mol. The number of aromatic carboxylic acids is 1. The van der Waals surface area contributed by atoms with E-state index in [9.17, 15) is 55.1 Å². The van der Waals surface area contributed by atoms with Crippen molar-refractivity contribution in [2.75, 3.05) is 0 Å². The van der Waals surface area contributed by atoms with Crippen molar-refractivity contribution in [3.8, 4) is 0 Å². The van der Waals surface area contributed by atoms with E-state index in [1.165, 1.54) is 0 Å². The molecule has 0 saturated heterocycles. The number of carbonyl (C=O) groups excluding carboxylic acids is 5. The van der Waals surface area contributed by atoms with Gasteiger partial charge in [-0.1, -0.05) is 0 Å². The zero-order chi connectivity index (χ0) is 33.5. The van der Waals surface area contributed by atoms with Gasteiger partial charge in [-0.2, -0.15) is 0 Å². The molecule has 2 aromatic carbocycles. The molecule has 3 N–H and O–H groups in total. The lowest BCUT2D eigenvalue weighted by atomic mass is 10.0. The molecule has 230 valence electrons. The normalized spacial score (nSPS) is 10.1. The molecule has 0 aliphatic rings. The lowest BCUT2D eigenvalue weighted by molar-refractivity contribution is -0.127. The van der Waals surface area contributed by atoms with Crippen LogP contribution >= 0.6 is 34.8 Å². The molecule has 2 aromatic heterocycles. The van der Waals surface area contributed by atoms with Crippen LogP contribution in [0.3, 0.4) is 0 Å². The van der Waals surface area contributed by atoms with Gasteiger partial charge < -0.3 is 15.1 Å². The minimum atomic E-state index is -1.35. The number of hydrogen-bond acceptors (Lipinski definition) is 6. The van der Waals surface area contributed by atoms with E-state index in [-0.39, 0.29) is 22.5 Å². The Balaban J connectivity index is 0.000000260. The molecule has 0 bridgehead atoms. The number of aromatic amines is 2. The summed E-state index contributed by atoms with van der Waals surface area (Å²) in [5, 5.41) is 5.52. The zero-order valence-electron chi connectivity index (χ0n) is 20.9. The molecule has 0 radical (unpaired) electrons. The van der Waals surface area contributed by atoms with Crippen LogP contribution in [0.1, 0.15) is 52.8 Å². The molecule has 0 amide bonds. The topological polar surface area (TPSA) is 154 Å². The van der Waals surface area contributed by atoms with Crippen molar-refractivity contribution < 1.29 is 60.2 Å². The zero-order valence-corrected chi connectivity index (χ0v) is 23.2. The average Bonchev–Trinajstić information content (AvgIpc) is 3.59. The van der Waals surface area contributed by atoms with Crippen molar-refractivity contribution in [1.29, 1.82) is 0 Å². The largest absolute Gasteiger partial charge is 0.477 e. The van der Waals surface area contributed by atoms with Gasteiger partial charge in [-0.05, 0) is 46.9 Å². The van der Waals surface area contributed by atoms with Crippen molar-refractivity contribution >= 4 is 68.1 Å². The van der Waals surface area contributed by atoms with Gasteiger partial charge in [0, 0.05) is 47.8 Å². The fourth-order valence-electron chi connectivity index (χ4n) is 3.09. The third kappa shape index (κ3) is 9.13. The van der Waals surface area contributed by atoms with Crippen molar-refractivity contribution in [2.24, 2.45) is 0 Å². The van der Waals surface area contributed by atoms with E-state index in [0.717, 1.165) is 24.5 Å². The van der Waals surface area contributed by atoms with E-state index in [1.807, 2.05) is 0 Å². The summed E-state index contributed by atoms with van der Waals surface area (Å²) in [5.74, 6) is -11.0. The highest BCUT2D eigenvalue weighted by Crippen LogP contribution is 2.21. The molecule has 4 aromatic rings. The predicted octanol–water partition coefficient (Wildman–Crippen LogP) is 5.92. The van der Waals surface area contributed by atoms with Gasteiger partial charge in [0.05, 0.1) is 16.8 Å². The van der Waals surface area contributed by atoms with Crippen LogP contribution in [0.5, 0.6) is 0 Å². The number of H-pyrrole nitrogens is 2. The molecule has 0 aliphatic carbocycles. The fourth-order valence-corrected chi connectivity index (χ4v) is 3.20. The summed E-state index contributed by atoms with van der Waals surface area (Å²) in [5.41, 5.74) is -2.61. The minimum Gasteiger partial charge on any atom is -0.477 e. The van der Waals surface area contributed by atoms with E-state index < -0.39 is 79.3 Å². The van der Waals surface area contributed by atoms with Crippen LogP contribution < -0.4 is 0 Å². The standard InChI is InChI=1S/C12H5ClF3NO2.C12H6F3NO3.C2Cl2O2/c13-12(19)9-1-5(4-17-9)11(18)10-7(15)2-6(14)3-8(10)16;13-6-2-7(14)10(8(15)3-6)11(17)5-1-9(12(18)19)16-4-5;3-1(5)2(4)6/h1-4,17H;1-4,16H,(H,18,19);. The lowest BCUT2D eigenvalue weighted by Gasteiger charge is -2.02. The lowest BCUT2D eigenvalue weighted by Crippen LogP contribution is -2.07.